The first-order chi connectivity index (χ1) is 9.76. The van der Waals surface area contributed by atoms with Crippen LogP contribution in [-0.2, 0) is 16.4 Å². The fourth-order valence-electron chi connectivity index (χ4n) is 1.96. The van der Waals surface area contributed by atoms with E-state index in [0.717, 1.165) is 10.0 Å². The van der Waals surface area contributed by atoms with Crippen LogP contribution in [0.3, 0.4) is 0 Å². The molecule has 120 valence electrons. The summed E-state index contributed by atoms with van der Waals surface area (Å²) in [5, 5.41) is 3.19. The van der Waals surface area contributed by atoms with Gasteiger partial charge in [0.1, 0.15) is 9.84 Å². The summed E-state index contributed by atoms with van der Waals surface area (Å²) in [6.07, 6.45) is 1.24. The predicted octanol–water partition coefficient (Wildman–Crippen LogP) is 2.38. The van der Waals surface area contributed by atoms with Crippen LogP contribution in [0.5, 0.6) is 11.5 Å². The van der Waals surface area contributed by atoms with Crippen molar-refractivity contribution in [2.24, 2.45) is 0 Å². The second kappa shape index (κ2) is 8.00. The number of sulfone groups is 1. The highest BCUT2D eigenvalue weighted by Gasteiger charge is 2.13. The molecule has 0 amide bonds. The van der Waals surface area contributed by atoms with Gasteiger partial charge in [0.05, 0.1) is 23.9 Å². The lowest BCUT2D eigenvalue weighted by Crippen LogP contribution is -2.32. The number of hydrogen-bond donors (Lipinski definition) is 1. The second-order valence-electron chi connectivity index (χ2n) is 4.92. The fraction of sp³-hybridized carbons (Fsp3) is 0.571. The number of ether oxygens (including phenoxy) is 2. The van der Waals surface area contributed by atoms with E-state index in [1.165, 1.54) is 6.26 Å². The minimum atomic E-state index is -2.98. The van der Waals surface area contributed by atoms with E-state index in [0.29, 0.717) is 24.7 Å². The number of hydrogen-bond acceptors (Lipinski definition) is 5. The Bertz CT molecular complexity index is 575. The third kappa shape index (κ3) is 6.23. The first kappa shape index (κ1) is 18.3. The van der Waals surface area contributed by atoms with E-state index >= 15 is 0 Å². The quantitative estimate of drug-likeness (QED) is 0.750. The molecule has 1 unspecified atom stereocenters. The molecule has 0 radical (unpaired) electrons. The molecular weight excluding hydrogens is 358 g/mol. The van der Waals surface area contributed by atoms with Crippen molar-refractivity contribution in [3.63, 3.8) is 0 Å². The lowest BCUT2D eigenvalue weighted by Gasteiger charge is -2.16. The van der Waals surface area contributed by atoms with E-state index in [4.69, 9.17) is 9.47 Å². The van der Waals surface area contributed by atoms with E-state index in [1.807, 2.05) is 26.0 Å². The third-order valence-electron chi connectivity index (χ3n) is 2.79. The van der Waals surface area contributed by atoms with Crippen LogP contribution in [0, 0.1) is 0 Å². The summed E-state index contributed by atoms with van der Waals surface area (Å²) in [7, 11) is -1.39. The molecule has 0 spiro atoms. The van der Waals surface area contributed by atoms with Gasteiger partial charge in [-0.1, -0.05) is 0 Å². The van der Waals surface area contributed by atoms with E-state index in [2.05, 4.69) is 21.2 Å². The topological polar surface area (TPSA) is 64.6 Å². The van der Waals surface area contributed by atoms with Gasteiger partial charge < -0.3 is 14.8 Å². The standard InChI is InChI=1S/C14H22BrNO4S/c1-5-20-14-12(15)6-11(7-13(14)19-3)8-16-10(2)9-21(4,17)18/h6-7,10,16H,5,8-9H2,1-4H3. The predicted molar refractivity (Wildman–Crippen MR) is 87.9 cm³/mol. The molecule has 1 rings (SSSR count). The Kier molecular flexibility index (Phi) is 6.96. The van der Waals surface area contributed by atoms with Gasteiger partial charge in [-0.2, -0.15) is 0 Å². The zero-order valence-electron chi connectivity index (χ0n) is 12.8. The molecule has 1 atom stereocenters. The van der Waals surface area contributed by atoms with Crippen LogP contribution in [0.2, 0.25) is 0 Å². The number of methoxy groups -OCH3 is 1. The van der Waals surface area contributed by atoms with Crippen LogP contribution in [0.15, 0.2) is 16.6 Å². The molecule has 0 saturated heterocycles. The van der Waals surface area contributed by atoms with E-state index in [1.54, 1.807) is 7.11 Å². The summed E-state index contributed by atoms with van der Waals surface area (Å²) in [4.78, 5) is 0. The van der Waals surface area contributed by atoms with Crippen LogP contribution < -0.4 is 14.8 Å². The highest BCUT2D eigenvalue weighted by molar-refractivity contribution is 9.10. The van der Waals surface area contributed by atoms with Crippen molar-refractivity contribution in [1.29, 1.82) is 0 Å². The van der Waals surface area contributed by atoms with Gasteiger partial charge in [0.15, 0.2) is 11.5 Å². The highest BCUT2D eigenvalue weighted by Crippen LogP contribution is 2.36. The van der Waals surface area contributed by atoms with Crippen molar-refractivity contribution in [3.05, 3.63) is 22.2 Å². The summed E-state index contributed by atoms with van der Waals surface area (Å²) in [6, 6.07) is 3.71. The molecule has 1 aromatic rings. The molecule has 0 heterocycles. The molecule has 0 aliphatic heterocycles. The first-order valence-corrected chi connectivity index (χ1v) is 9.52. The number of nitrogens with one attached hydrogen (secondary N) is 1. The van der Waals surface area contributed by atoms with Crippen molar-refractivity contribution in [3.8, 4) is 11.5 Å². The lowest BCUT2D eigenvalue weighted by atomic mass is 10.2. The zero-order chi connectivity index (χ0) is 16.0. The van der Waals surface area contributed by atoms with Gasteiger partial charge in [0.25, 0.3) is 0 Å². The molecule has 0 fully saturated rings. The number of rotatable bonds is 8. The van der Waals surface area contributed by atoms with Crippen LogP contribution in [0.1, 0.15) is 19.4 Å². The maximum absolute atomic E-state index is 11.2. The molecule has 0 bridgehead atoms. The minimum absolute atomic E-state index is 0.113. The molecule has 0 aliphatic carbocycles. The smallest absolute Gasteiger partial charge is 0.175 e. The third-order valence-corrected chi connectivity index (χ3v) is 4.48. The van der Waals surface area contributed by atoms with Gasteiger partial charge in [-0.05, 0) is 47.5 Å². The van der Waals surface area contributed by atoms with Gasteiger partial charge in [-0.25, -0.2) is 8.42 Å². The van der Waals surface area contributed by atoms with Gasteiger partial charge in [0.2, 0.25) is 0 Å². The molecule has 5 nitrogen and oxygen atoms in total. The zero-order valence-corrected chi connectivity index (χ0v) is 15.2. The highest BCUT2D eigenvalue weighted by atomic mass is 79.9. The van der Waals surface area contributed by atoms with Gasteiger partial charge in [-0.3, -0.25) is 0 Å². The Hall–Kier alpha value is -0.790. The first-order valence-electron chi connectivity index (χ1n) is 6.67. The summed E-state index contributed by atoms with van der Waals surface area (Å²) < 4.78 is 34.2. The Morgan fingerprint density at radius 2 is 2.05 bits per heavy atom. The average Bonchev–Trinajstić information content (AvgIpc) is 2.37. The molecule has 1 aromatic carbocycles. The Morgan fingerprint density at radius 3 is 2.57 bits per heavy atom. The second-order valence-corrected chi connectivity index (χ2v) is 7.96. The van der Waals surface area contributed by atoms with Crippen molar-refractivity contribution in [1.82, 2.24) is 5.32 Å². The number of benzene rings is 1. The van der Waals surface area contributed by atoms with Crippen LogP contribution in [-0.4, -0.2) is 40.2 Å². The fourth-order valence-corrected chi connectivity index (χ4v) is 3.59. The monoisotopic (exact) mass is 379 g/mol. The van der Waals surface area contributed by atoms with Crippen LogP contribution in [0.25, 0.3) is 0 Å². The van der Waals surface area contributed by atoms with Gasteiger partial charge in [0, 0.05) is 18.8 Å². The molecule has 0 saturated carbocycles. The van der Waals surface area contributed by atoms with Crippen LogP contribution in [0.4, 0.5) is 0 Å². The maximum Gasteiger partial charge on any atom is 0.175 e. The summed E-state index contributed by atoms with van der Waals surface area (Å²) in [5.41, 5.74) is 0.988. The van der Waals surface area contributed by atoms with E-state index in [-0.39, 0.29) is 11.8 Å². The molecule has 1 N–H and O–H groups in total. The van der Waals surface area contributed by atoms with Crippen molar-refractivity contribution in [2.45, 2.75) is 26.4 Å². The Labute approximate surface area is 135 Å². The van der Waals surface area contributed by atoms with E-state index < -0.39 is 9.84 Å². The SMILES string of the molecule is CCOc1c(Br)cc(CNC(C)CS(C)(=O)=O)cc1OC. The van der Waals surface area contributed by atoms with Gasteiger partial charge in [-0.15, -0.1) is 0 Å². The minimum Gasteiger partial charge on any atom is -0.493 e. The summed E-state index contributed by atoms with van der Waals surface area (Å²) >= 11 is 3.47. The molecule has 21 heavy (non-hydrogen) atoms. The van der Waals surface area contributed by atoms with Gasteiger partial charge >= 0.3 is 0 Å². The number of halogens is 1. The Balaban J connectivity index is 2.78. The van der Waals surface area contributed by atoms with Crippen LogP contribution >= 0.6 is 15.9 Å². The summed E-state index contributed by atoms with van der Waals surface area (Å²) in [6.45, 7) is 4.87. The molecule has 7 heteroatoms. The summed E-state index contributed by atoms with van der Waals surface area (Å²) in [5.74, 6) is 1.44. The Morgan fingerprint density at radius 1 is 1.38 bits per heavy atom. The lowest BCUT2D eigenvalue weighted by molar-refractivity contribution is 0.308. The van der Waals surface area contributed by atoms with Crippen molar-refractivity contribution in [2.75, 3.05) is 25.7 Å². The average molecular weight is 380 g/mol. The molecular formula is C14H22BrNO4S. The molecule has 0 aromatic heterocycles. The van der Waals surface area contributed by atoms with Crippen molar-refractivity contribution < 1.29 is 17.9 Å². The largest absolute Gasteiger partial charge is 0.493 e. The normalized spacial score (nSPS) is 13.0. The van der Waals surface area contributed by atoms with E-state index in [9.17, 15) is 8.42 Å². The maximum atomic E-state index is 11.2. The molecule has 0 aliphatic rings. The van der Waals surface area contributed by atoms with Crippen molar-refractivity contribution >= 4 is 25.8 Å².